The van der Waals surface area contributed by atoms with Crippen LogP contribution in [0.5, 0.6) is 0 Å². The van der Waals surface area contributed by atoms with E-state index < -0.39 is 17.2 Å². The Hall–Kier alpha value is -4.02. The Morgan fingerprint density at radius 2 is 2.00 bits per heavy atom. The van der Waals surface area contributed by atoms with Gasteiger partial charge in [-0.15, -0.1) is 0 Å². The molecule has 2 fully saturated rings. The number of aromatic amines is 3. The van der Waals surface area contributed by atoms with E-state index in [9.17, 15) is 19.2 Å². The first-order valence-electron chi connectivity index (χ1n) is 10.4. The highest BCUT2D eigenvalue weighted by Crippen LogP contribution is 2.37. The minimum atomic E-state index is -0.725. The Morgan fingerprint density at radius 1 is 1.12 bits per heavy atom. The second-order valence-electron chi connectivity index (χ2n) is 8.18. The number of hydrogen-bond acceptors (Lipinski definition) is 6. The lowest BCUT2D eigenvalue weighted by molar-refractivity contribution is 0.0732. The number of rotatable bonds is 4. The van der Waals surface area contributed by atoms with Crippen LogP contribution in [0.2, 0.25) is 0 Å². The third-order valence-electron chi connectivity index (χ3n) is 6.21. The summed E-state index contributed by atoms with van der Waals surface area (Å²) in [5.41, 5.74) is -0.0685. The van der Waals surface area contributed by atoms with Gasteiger partial charge in [-0.3, -0.25) is 24.5 Å². The molecular weight excluding hydrogens is 414 g/mol. The summed E-state index contributed by atoms with van der Waals surface area (Å²) in [5.74, 6) is 0.152. The van der Waals surface area contributed by atoms with Crippen LogP contribution in [0.4, 0.5) is 0 Å². The van der Waals surface area contributed by atoms with E-state index in [1.165, 1.54) is 6.33 Å². The quantitative estimate of drug-likeness (QED) is 0.461. The van der Waals surface area contributed by atoms with E-state index >= 15 is 0 Å². The topological polar surface area (TPSA) is 157 Å². The SMILES string of the molecule is O=C(NC1CCC2CC1CN2C(=O)c1cccc(-c2ncn[nH]2)c1)c1cc(=O)[nH]c(=O)[nH]1. The van der Waals surface area contributed by atoms with Crippen LogP contribution in [0.1, 0.15) is 40.1 Å². The Labute approximate surface area is 181 Å². The lowest BCUT2D eigenvalue weighted by Gasteiger charge is -2.29. The molecule has 3 atom stereocenters. The minimum absolute atomic E-state index is 0.0511. The van der Waals surface area contributed by atoms with Gasteiger partial charge in [0.1, 0.15) is 12.0 Å². The Balaban J connectivity index is 1.29. The maximum absolute atomic E-state index is 13.3. The third kappa shape index (κ3) is 3.72. The fraction of sp³-hybridized carbons (Fsp3) is 0.333. The number of nitrogens with zero attached hydrogens (tertiary/aromatic N) is 3. The molecule has 164 valence electrons. The number of likely N-dealkylation sites (tertiary alicyclic amines) is 1. The number of amides is 2. The van der Waals surface area contributed by atoms with Crippen molar-refractivity contribution in [3.8, 4) is 11.4 Å². The zero-order chi connectivity index (χ0) is 22.2. The standard InChI is InChI=1S/C21H21N7O4/c29-17-8-16(25-21(32)26-17)19(30)24-15-5-4-14-7-13(15)9-28(14)20(31)12-3-1-2-11(6-12)18-22-10-23-27-18/h1-3,6,8,10,13-15H,4-5,7,9H2,(H,24,30)(H,22,23,27)(H2,25,26,29,32). The van der Waals surface area contributed by atoms with Gasteiger partial charge in [0.25, 0.3) is 17.4 Å². The smallest absolute Gasteiger partial charge is 0.326 e. The molecule has 1 aliphatic heterocycles. The molecule has 32 heavy (non-hydrogen) atoms. The van der Waals surface area contributed by atoms with Crippen LogP contribution in [0.15, 0.2) is 46.2 Å². The molecule has 2 amide bonds. The van der Waals surface area contributed by atoms with Crippen LogP contribution in [-0.2, 0) is 0 Å². The van der Waals surface area contributed by atoms with E-state index in [0.717, 1.165) is 30.9 Å². The van der Waals surface area contributed by atoms with Crippen LogP contribution in [0.25, 0.3) is 11.4 Å². The van der Waals surface area contributed by atoms with Crippen molar-refractivity contribution in [2.24, 2.45) is 5.92 Å². The molecule has 11 nitrogen and oxygen atoms in total. The van der Waals surface area contributed by atoms with Gasteiger partial charge in [-0.25, -0.2) is 9.78 Å². The summed E-state index contributed by atoms with van der Waals surface area (Å²) in [5, 5.41) is 9.58. The van der Waals surface area contributed by atoms with Gasteiger partial charge in [0.05, 0.1) is 0 Å². The highest BCUT2D eigenvalue weighted by molar-refractivity contribution is 5.96. The van der Waals surface area contributed by atoms with Gasteiger partial charge in [-0.05, 0) is 37.3 Å². The normalized spacial score (nSPS) is 22.0. The van der Waals surface area contributed by atoms with Crippen LogP contribution in [0, 0.1) is 5.92 Å². The van der Waals surface area contributed by atoms with Gasteiger partial charge < -0.3 is 15.2 Å². The fourth-order valence-corrected chi connectivity index (χ4v) is 4.71. The second kappa shape index (κ2) is 7.91. The summed E-state index contributed by atoms with van der Waals surface area (Å²) < 4.78 is 0. The molecular formula is C21H21N7O4. The number of carbonyl (C=O) groups is 2. The van der Waals surface area contributed by atoms with Crippen LogP contribution in [0.3, 0.4) is 0 Å². The molecule has 1 aromatic carbocycles. The molecule has 0 spiro atoms. The van der Waals surface area contributed by atoms with E-state index in [1.807, 2.05) is 22.0 Å². The van der Waals surface area contributed by atoms with Crippen molar-refractivity contribution in [2.45, 2.75) is 31.3 Å². The molecule has 2 aliphatic rings. The van der Waals surface area contributed by atoms with Gasteiger partial charge >= 0.3 is 5.69 Å². The summed E-state index contributed by atoms with van der Waals surface area (Å²) >= 11 is 0. The molecule has 2 bridgehead atoms. The lowest BCUT2D eigenvalue weighted by Crippen LogP contribution is -2.43. The molecule has 1 aliphatic carbocycles. The molecule has 3 aromatic rings. The fourth-order valence-electron chi connectivity index (χ4n) is 4.71. The van der Waals surface area contributed by atoms with Crippen LogP contribution in [-0.4, -0.2) is 60.5 Å². The van der Waals surface area contributed by atoms with Crippen LogP contribution >= 0.6 is 0 Å². The molecule has 1 saturated carbocycles. The number of nitrogens with one attached hydrogen (secondary N) is 4. The van der Waals surface area contributed by atoms with E-state index in [-0.39, 0.29) is 29.6 Å². The number of H-pyrrole nitrogens is 3. The van der Waals surface area contributed by atoms with Gasteiger partial charge in [0, 0.05) is 35.8 Å². The van der Waals surface area contributed by atoms with Crippen molar-refractivity contribution in [3.05, 3.63) is 68.8 Å². The summed E-state index contributed by atoms with van der Waals surface area (Å²) in [6.45, 7) is 0.535. The first-order valence-corrected chi connectivity index (χ1v) is 10.4. The monoisotopic (exact) mass is 435 g/mol. The zero-order valence-corrected chi connectivity index (χ0v) is 17.0. The number of hydrogen-bond donors (Lipinski definition) is 4. The summed E-state index contributed by atoms with van der Waals surface area (Å²) in [7, 11) is 0. The van der Waals surface area contributed by atoms with Gasteiger partial charge in [-0.1, -0.05) is 12.1 Å². The summed E-state index contributed by atoms with van der Waals surface area (Å²) in [4.78, 5) is 59.1. The Morgan fingerprint density at radius 3 is 2.78 bits per heavy atom. The molecule has 3 heterocycles. The van der Waals surface area contributed by atoms with Gasteiger partial charge in [0.15, 0.2) is 5.82 Å². The third-order valence-corrected chi connectivity index (χ3v) is 6.21. The van der Waals surface area contributed by atoms with Crippen molar-refractivity contribution >= 4 is 11.8 Å². The summed E-state index contributed by atoms with van der Waals surface area (Å²) in [6, 6.07) is 8.31. The highest BCUT2D eigenvalue weighted by atomic mass is 16.2. The Bertz CT molecular complexity index is 1250. The highest BCUT2D eigenvalue weighted by Gasteiger charge is 2.43. The maximum atomic E-state index is 13.3. The number of aromatic nitrogens is 5. The lowest BCUT2D eigenvalue weighted by atomic mass is 9.85. The van der Waals surface area contributed by atoms with Gasteiger partial charge in [0.2, 0.25) is 0 Å². The van der Waals surface area contributed by atoms with Crippen molar-refractivity contribution in [1.82, 2.24) is 35.4 Å². The second-order valence-corrected chi connectivity index (χ2v) is 8.18. The Kier molecular flexibility index (Phi) is 4.92. The summed E-state index contributed by atoms with van der Waals surface area (Å²) in [6.07, 6.45) is 3.70. The molecule has 2 aromatic heterocycles. The number of benzene rings is 1. The molecule has 4 N–H and O–H groups in total. The predicted molar refractivity (Wildman–Crippen MR) is 113 cm³/mol. The number of carbonyl (C=O) groups excluding carboxylic acids is 2. The molecule has 11 heteroatoms. The van der Waals surface area contributed by atoms with Gasteiger partial charge in [-0.2, -0.15) is 5.10 Å². The largest absolute Gasteiger partial charge is 0.348 e. The molecule has 1 saturated heterocycles. The van der Waals surface area contributed by atoms with E-state index in [1.54, 1.807) is 12.1 Å². The predicted octanol–water partition coefficient (Wildman–Crippen LogP) is 0.271. The van der Waals surface area contributed by atoms with Crippen LogP contribution < -0.4 is 16.6 Å². The molecule has 5 rings (SSSR count). The first kappa shape index (κ1) is 19.9. The van der Waals surface area contributed by atoms with Crippen molar-refractivity contribution < 1.29 is 9.59 Å². The zero-order valence-electron chi connectivity index (χ0n) is 17.0. The van der Waals surface area contributed by atoms with Crippen molar-refractivity contribution in [3.63, 3.8) is 0 Å². The minimum Gasteiger partial charge on any atom is -0.348 e. The number of fused-ring (bicyclic) bond motifs is 2. The maximum Gasteiger partial charge on any atom is 0.326 e. The molecule has 3 unspecified atom stereocenters. The van der Waals surface area contributed by atoms with E-state index in [2.05, 4.69) is 25.5 Å². The first-order chi connectivity index (χ1) is 15.5. The molecule has 0 radical (unpaired) electrons. The van der Waals surface area contributed by atoms with Crippen molar-refractivity contribution in [2.75, 3.05) is 6.54 Å². The van der Waals surface area contributed by atoms with E-state index in [4.69, 9.17) is 0 Å². The van der Waals surface area contributed by atoms with Crippen molar-refractivity contribution in [1.29, 1.82) is 0 Å². The van der Waals surface area contributed by atoms with E-state index in [0.29, 0.717) is 17.9 Å². The average molecular weight is 435 g/mol. The average Bonchev–Trinajstić information content (AvgIpc) is 3.43.